The Bertz CT molecular complexity index is 3710. The van der Waals surface area contributed by atoms with E-state index in [0.717, 1.165) is 61.5 Å². The van der Waals surface area contributed by atoms with E-state index in [-0.39, 0.29) is 39.0 Å². The quantitative estimate of drug-likeness (QED) is 0.00883. The number of carbonyl (C=O) groups is 3. The molecule has 24 heteroatoms. The van der Waals surface area contributed by atoms with E-state index in [1.165, 1.54) is 198 Å². The molecule has 126 heavy (non-hydrogen) atoms. The van der Waals surface area contributed by atoms with Gasteiger partial charge in [0.2, 0.25) is 0 Å². The number of amides is 3. The number of alkyl carbamates (subject to hydrolysis) is 3. The summed E-state index contributed by atoms with van der Waals surface area (Å²) in [5, 5.41) is 47.1. The minimum atomic E-state index is -1.11. The number of unbranched alkanes of at least 4 members (excludes halogenated alkanes) is 20. The number of ether oxygens (including phenoxy) is 7. The third kappa shape index (κ3) is 47.4. The average molecular weight is 2100 g/mol. The fraction of sp³-hybridized carbons (Fsp3) is 0.735. The lowest BCUT2D eigenvalue weighted by atomic mass is 9.71. The monoisotopic (exact) mass is 2100 g/mol. The van der Waals surface area contributed by atoms with Gasteiger partial charge in [-0.2, -0.15) is 0 Å². The lowest BCUT2D eigenvalue weighted by Crippen LogP contribution is -2.61. The Morgan fingerprint density at radius 2 is 0.683 bits per heavy atom. The van der Waals surface area contributed by atoms with Gasteiger partial charge < -0.3 is 84.6 Å². The van der Waals surface area contributed by atoms with E-state index in [4.69, 9.17) is 48.2 Å². The maximum Gasteiger partial charge on any atom is 0.494 e. The van der Waals surface area contributed by atoms with Crippen LogP contribution >= 0.6 is 67.8 Å². The summed E-state index contributed by atoms with van der Waals surface area (Å²) < 4.78 is 56.5. The highest BCUT2D eigenvalue weighted by molar-refractivity contribution is 14.1. The lowest BCUT2D eigenvalue weighted by Gasteiger charge is -2.44. The van der Waals surface area contributed by atoms with Gasteiger partial charge in [-0.05, 0) is 329 Å². The second-order valence-corrected chi connectivity index (χ2v) is 44.2. The zero-order valence-electron chi connectivity index (χ0n) is 81.4. The number of halogens is 3. The van der Waals surface area contributed by atoms with E-state index in [9.17, 15) is 34.8 Å². The summed E-state index contributed by atoms with van der Waals surface area (Å²) in [6, 6.07) is 26.7. The first-order valence-electron chi connectivity index (χ1n) is 47.8. The van der Waals surface area contributed by atoms with Crippen molar-refractivity contribution in [1.29, 1.82) is 0 Å². The number of hydrogen-bond acceptors (Lipinski definition) is 17. The van der Waals surface area contributed by atoms with Crippen LogP contribution in [0.5, 0.6) is 0 Å². The largest absolute Gasteiger partial charge is 0.494 e. The smallest absolute Gasteiger partial charge is 0.444 e. The zero-order valence-corrected chi connectivity index (χ0v) is 87.9. The third-order valence-corrected chi connectivity index (χ3v) is 26.2. The van der Waals surface area contributed by atoms with Crippen LogP contribution in [0.1, 0.15) is 356 Å². The number of hydrogen-bond donors (Lipinski definition) is 8. The molecule has 0 radical (unpaired) electrons. The molecule has 3 fully saturated rings. The van der Waals surface area contributed by atoms with Crippen LogP contribution in [0.15, 0.2) is 72.8 Å². The van der Waals surface area contributed by atoms with Gasteiger partial charge in [0.15, 0.2) is 11.6 Å². The molecule has 0 aromatic heterocycles. The van der Waals surface area contributed by atoms with Gasteiger partial charge in [-0.15, -0.1) is 0 Å². The number of rotatable bonds is 48. The lowest BCUT2D eigenvalue weighted by molar-refractivity contribution is -0.271. The molecule has 3 aliphatic heterocycles. The normalized spacial score (nSPS) is 16.1. The summed E-state index contributed by atoms with van der Waals surface area (Å²) in [4.78, 5) is 37.5. The van der Waals surface area contributed by atoms with Crippen molar-refractivity contribution in [3.63, 3.8) is 0 Å². The Morgan fingerprint density at radius 1 is 0.389 bits per heavy atom. The second kappa shape index (κ2) is 57.9. The SMILES string of the molecule is CCCCCCCCc1ccc(CCC(CO)(CO)NC(=O)OC(C)(C)C)c(I)c1.CCCCCCCCc1ccc(CCC(N)(CO)CO)c(I)c1.CCCCCCCCc1ccc(CCC2(NC(=O)OC(C)(C)C)COC(C)(C)OC2)c(B2OCC(C)(C)CO2)c1.CCCCCCCCc1ccc(CCC2(NC(=O)OC(C)(C)C)COC(C)(C)OC2)c(I)c1. The average Bonchev–Trinajstić information content (AvgIpc) is 0.800. The zero-order chi connectivity index (χ0) is 93.7. The summed E-state index contributed by atoms with van der Waals surface area (Å²) in [6.07, 6.45) is 39.6. The molecule has 0 aliphatic carbocycles. The number of carbonyl (C=O) groups excluding carboxylic acids is 3. The Morgan fingerprint density at radius 3 is 1.00 bits per heavy atom. The van der Waals surface area contributed by atoms with Crippen LogP contribution in [0.4, 0.5) is 14.4 Å². The molecule has 20 nitrogen and oxygen atoms in total. The minimum absolute atomic E-state index is 0.00225. The van der Waals surface area contributed by atoms with Crippen molar-refractivity contribution in [2.24, 2.45) is 11.1 Å². The molecule has 3 heterocycles. The highest BCUT2D eigenvalue weighted by Crippen LogP contribution is 2.33. The van der Waals surface area contributed by atoms with Gasteiger partial charge >= 0.3 is 25.4 Å². The molecule has 0 bridgehead atoms. The van der Waals surface area contributed by atoms with Gasteiger partial charge in [0.25, 0.3) is 0 Å². The third-order valence-electron chi connectivity index (χ3n) is 23.2. The Labute approximate surface area is 803 Å². The van der Waals surface area contributed by atoms with Gasteiger partial charge in [0, 0.05) is 29.3 Å². The molecular weight excluding hydrogens is 1930 g/mol. The molecule has 4 aromatic rings. The first-order chi connectivity index (χ1) is 59.3. The number of nitrogens with one attached hydrogen (secondary N) is 3. The number of benzene rings is 4. The van der Waals surface area contributed by atoms with Gasteiger partial charge in [-0.25, -0.2) is 14.4 Å². The molecule has 718 valence electrons. The van der Waals surface area contributed by atoms with E-state index in [1.54, 1.807) is 20.8 Å². The number of aryl methyl sites for hydroxylation is 8. The van der Waals surface area contributed by atoms with Crippen molar-refractivity contribution in [3.8, 4) is 0 Å². The maximum atomic E-state index is 12.8. The highest BCUT2D eigenvalue weighted by atomic mass is 127. The molecule has 3 saturated heterocycles. The summed E-state index contributed by atoms with van der Waals surface area (Å²) in [5.41, 5.74) is 12.3. The van der Waals surface area contributed by atoms with E-state index in [1.807, 2.05) is 69.2 Å². The topological polar surface area (TPSA) is 277 Å². The molecule has 9 N–H and O–H groups in total. The highest BCUT2D eigenvalue weighted by Gasteiger charge is 2.45. The van der Waals surface area contributed by atoms with Crippen molar-refractivity contribution >= 4 is 98.6 Å². The van der Waals surface area contributed by atoms with Crippen LogP contribution < -0.4 is 27.1 Å². The number of nitrogens with two attached hydrogens (primary N) is 1. The molecule has 0 saturated carbocycles. The Hall–Kier alpha value is -3.50. The minimum Gasteiger partial charge on any atom is -0.444 e. The van der Waals surface area contributed by atoms with E-state index in [0.29, 0.717) is 71.7 Å². The van der Waals surface area contributed by atoms with Crippen LogP contribution in [0.25, 0.3) is 0 Å². The Kier molecular flexibility index (Phi) is 52.8. The van der Waals surface area contributed by atoms with Crippen LogP contribution in [-0.4, -0.2) is 162 Å². The molecule has 4 aromatic carbocycles. The van der Waals surface area contributed by atoms with E-state index < -0.39 is 68.8 Å². The van der Waals surface area contributed by atoms with E-state index in [2.05, 4.69) is 198 Å². The maximum absolute atomic E-state index is 12.8. The van der Waals surface area contributed by atoms with Crippen molar-refractivity contribution in [2.45, 2.75) is 413 Å². The van der Waals surface area contributed by atoms with Gasteiger partial charge in [0.1, 0.15) is 16.8 Å². The van der Waals surface area contributed by atoms with Crippen molar-refractivity contribution < 1.29 is 77.3 Å². The standard InChI is InChI=1S/C32H54BNO6.C27H44INO4.C24H40INO4.C19H32INO2/c1-9-10-11-12-13-14-15-25-16-17-26(27(20-25)33-38-21-30(5,6)22-39-33)18-19-32(23-36-31(7,8)37-24-32)34-28(35)40-29(2,3)4;1-7-8-9-10-11-12-13-21-14-15-22(23(28)18-21)16-17-27(19-31-26(5,6)32-20-27)29-24(30)33-25(2,3)4;1-5-6-7-8-9-10-11-19-12-13-20(21(25)16-19)14-15-24(17-27,18-28)26-22(29)30-23(2,3)4;1-2-3-4-5-6-7-8-16-9-10-17(18(20)13-16)11-12-19(21,14-22)15-23/h16-17,20H,9-15,18-19,21-24H2,1-8H3,(H,34,35);14-15,18H,7-13,16-17,19-20H2,1-6H3,(H,29,30);12-13,16,27-28H,5-11,14-15,17-18H2,1-4H3,(H,26,29);9-10,13,22-23H,2-8,11-12,14-15,21H2,1H3. The van der Waals surface area contributed by atoms with Crippen LogP contribution in [0.2, 0.25) is 0 Å². The van der Waals surface area contributed by atoms with Crippen molar-refractivity contribution in [3.05, 3.63) is 128 Å². The van der Waals surface area contributed by atoms with Crippen LogP contribution in [0.3, 0.4) is 0 Å². The van der Waals surface area contributed by atoms with Gasteiger partial charge in [-0.3, -0.25) is 0 Å². The summed E-state index contributed by atoms with van der Waals surface area (Å²) in [5.74, 6) is -1.34. The molecule has 3 amide bonds. The fourth-order valence-electron chi connectivity index (χ4n) is 15.0. The van der Waals surface area contributed by atoms with Crippen molar-refractivity contribution in [2.75, 3.05) is 66.1 Å². The first-order valence-corrected chi connectivity index (χ1v) is 51.1. The molecule has 0 atom stereocenters. The molecule has 7 rings (SSSR count). The molecule has 0 spiro atoms. The van der Waals surface area contributed by atoms with Crippen molar-refractivity contribution in [1.82, 2.24) is 16.0 Å². The first kappa shape index (κ1) is 115. The Balaban J connectivity index is 0.000000359. The van der Waals surface area contributed by atoms with Crippen LogP contribution in [-0.2, 0) is 93.8 Å². The van der Waals surface area contributed by atoms with Gasteiger partial charge in [-0.1, -0.05) is 225 Å². The molecular formula is C102H170BI3N4O16. The number of aliphatic hydroxyl groups is 4. The number of aliphatic hydroxyl groups excluding tert-OH is 4. The fourth-order valence-corrected chi connectivity index (χ4v) is 17.5. The second-order valence-electron chi connectivity index (χ2n) is 40.7. The summed E-state index contributed by atoms with van der Waals surface area (Å²) in [7, 11) is -0.389. The molecule has 0 unspecified atom stereocenters. The summed E-state index contributed by atoms with van der Waals surface area (Å²) >= 11 is 7.16. The van der Waals surface area contributed by atoms with Crippen LogP contribution in [0, 0.1) is 16.1 Å². The predicted octanol–water partition coefficient (Wildman–Crippen LogP) is 22.7. The molecule has 3 aliphatic rings. The van der Waals surface area contributed by atoms with Gasteiger partial charge in [0.05, 0.1) is 75.0 Å². The van der Waals surface area contributed by atoms with E-state index >= 15 is 0 Å². The predicted molar refractivity (Wildman–Crippen MR) is 540 cm³/mol. The summed E-state index contributed by atoms with van der Waals surface area (Å²) in [6.45, 7) is 39.1.